The molecule has 0 bridgehead atoms. The summed E-state index contributed by atoms with van der Waals surface area (Å²) in [4.78, 5) is 14.4. The second-order valence-electron chi connectivity index (χ2n) is 7.03. The smallest absolute Gasteiger partial charge is 0.223 e. The zero-order valence-electron chi connectivity index (χ0n) is 15.0. The Labute approximate surface area is 156 Å². The van der Waals surface area contributed by atoms with Gasteiger partial charge in [0.05, 0.1) is 6.54 Å². The van der Waals surface area contributed by atoms with Crippen molar-refractivity contribution in [2.75, 3.05) is 0 Å². The highest BCUT2D eigenvalue weighted by molar-refractivity contribution is 5.79. The number of tetrazole rings is 1. The van der Waals surface area contributed by atoms with Gasteiger partial charge in [-0.15, -0.1) is 5.10 Å². The van der Waals surface area contributed by atoms with E-state index in [0.29, 0.717) is 31.8 Å². The summed E-state index contributed by atoms with van der Waals surface area (Å²) in [5.74, 6) is 0.427. The molecule has 27 heavy (non-hydrogen) atoms. The first kappa shape index (κ1) is 17.3. The highest BCUT2D eigenvalue weighted by Gasteiger charge is 2.46. The summed E-state index contributed by atoms with van der Waals surface area (Å²) in [5, 5.41) is 12.3. The molecule has 1 aromatic heterocycles. The van der Waals surface area contributed by atoms with Gasteiger partial charge in [0.1, 0.15) is 11.4 Å². The number of carbonyl (C=O) groups is 1. The van der Waals surface area contributed by atoms with E-state index in [1.54, 1.807) is 21.7 Å². The van der Waals surface area contributed by atoms with Crippen molar-refractivity contribution in [3.05, 3.63) is 77.4 Å². The first-order chi connectivity index (χ1) is 13.1. The summed E-state index contributed by atoms with van der Waals surface area (Å²) < 4.78 is 15.0. The molecular weight excluding hydrogens is 345 g/mol. The van der Waals surface area contributed by atoms with Gasteiger partial charge in [0.15, 0.2) is 5.82 Å². The number of likely N-dealkylation sites (tertiary alicyclic amines) is 1. The molecule has 2 aromatic carbocycles. The molecule has 2 heterocycles. The molecule has 1 aliphatic rings. The first-order valence-electron chi connectivity index (χ1n) is 8.92. The minimum Gasteiger partial charge on any atom is -0.326 e. The molecule has 1 fully saturated rings. The zero-order valence-corrected chi connectivity index (χ0v) is 15.0. The van der Waals surface area contributed by atoms with E-state index in [2.05, 4.69) is 15.5 Å². The molecule has 0 saturated carbocycles. The number of nitrogens with zero attached hydrogens (tertiary/aromatic N) is 5. The van der Waals surface area contributed by atoms with Crippen LogP contribution in [0, 0.1) is 5.82 Å². The van der Waals surface area contributed by atoms with Crippen LogP contribution in [0.1, 0.15) is 36.7 Å². The Kier molecular flexibility index (Phi) is 4.43. The Bertz CT molecular complexity index is 941. The van der Waals surface area contributed by atoms with Gasteiger partial charge in [0.2, 0.25) is 5.91 Å². The lowest BCUT2D eigenvalue weighted by Gasteiger charge is -2.34. The number of hydrogen-bond acceptors (Lipinski definition) is 4. The number of benzene rings is 2. The van der Waals surface area contributed by atoms with Crippen LogP contribution in [0.3, 0.4) is 0 Å². The van der Waals surface area contributed by atoms with E-state index in [9.17, 15) is 9.18 Å². The third-order valence-electron chi connectivity index (χ3n) is 5.17. The van der Waals surface area contributed by atoms with E-state index in [0.717, 1.165) is 11.1 Å². The first-order valence-corrected chi connectivity index (χ1v) is 8.92. The fraction of sp³-hybridized carbons (Fsp3) is 0.300. The van der Waals surface area contributed by atoms with Crippen molar-refractivity contribution in [3.63, 3.8) is 0 Å². The van der Waals surface area contributed by atoms with E-state index in [1.165, 1.54) is 12.1 Å². The lowest BCUT2D eigenvalue weighted by Crippen LogP contribution is -2.42. The van der Waals surface area contributed by atoms with Gasteiger partial charge >= 0.3 is 0 Å². The minimum absolute atomic E-state index is 0.0519. The van der Waals surface area contributed by atoms with E-state index in [4.69, 9.17) is 0 Å². The third kappa shape index (κ3) is 3.32. The van der Waals surface area contributed by atoms with E-state index in [-0.39, 0.29) is 11.7 Å². The normalized spacial score (nSPS) is 19.6. The van der Waals surface area contributed by atoms with Crippen LogP contribution in [-0.2, 0) is 23.4 Å². The molecule has 7 heteroatoms. The Morgan fingerprint density at radius 2 is 1.74 bits per heavy atom. The van der Waals surface area contributed by atoms with Gasteiger partial charge in [-0.2, -0.15) is 0 Å². The van der Waals surface area contributed by atoms with Gasteiger partial charge in [-0.25, -0.2) is 9.07 Å². The zero-order chi connectivity index (χ0) is 18.9. The minimum atomic E-state index is -0.607. The average Bonchev–Trinajstić information content (AvgIpc) is 3.25. The van der Waals surface area contributed by atoms with Crippen molar-refractivity contribution in [3.8, 4) is 0 Å². The highest BCUT2D eigenvalue weighted by Crippen LogP contribution is 2.39. The molecule has 1 saturated heterocycles. The van der Waals surface area contributed by atoms with Crippen LogP contribution in [0.15, 0.2) is 54.6 Å². The SMILES string of the molecule is CC1(c2nnnn2Cc2ccccc2)CCC(=O)N1Cc1ccc(F)cc1. The van der Waals surface area contributed by atoms with Gasteiger partial charge in [0.25, 0.3) is 0 Å². The number of aromatic nitrogens is 4. The molecule has 4 rings (SSSR count). The lowest BCUT2D eigenvalue weighted by molar-refractivity contribution is -0.132. The molecular formula is C20H20FN5O. The molecule has 1 amide bonds. The summed E-state index contributed by atoms with van der Waals surface area (Å²) in [6.45, 7) is 2.93. The van der Waals surface area contributed by atoms with Gasteiger partial charge in [-0.1, -0.05) is 42.5 Å². The second-order valence-corrected chi connectivity index (χ2v) is 7.03. The van der Waals surface area contributed by atoms with Gasteiger partial charge in [-0.3, -0.25) is 4.79 Å². The Morgan fingerprint density at radius 1 is 1.04 bits per heavy atom. The monoisotopic (exact) mass is 365 g/mol. The fourth-order valence-electron chi connectivity index (χ4n) is 3.62. The molecule has 0 radical (unpaired) electrons. The molecule has 1 aliphatic heterocycles. The lowest BCUT2D eigenvalue weighted by atomic mass is 9.97. The van der Waals surface area contributed by atoms with Crippen molar-refractivity contribution in [2.24, 2.45) is 0 Å². The van der Waals surface area contributed by atoms with Crippen molar-refractivity contribution in [1.82, 2.24) is 25.1 Å². The summed E-state index contributed by atoms with van der Waals surface area (Å²) in [5.41, 5.74) is 1.35. The number of rotatable bonds is 5. The van der Waals surface area contributed by atoms with E-state index in [1.807, 2.05) is 37.3 Å². The molecule has 1 unspecified atom stereocenters. The quantitative estimate of drug-likeness (QED) is 0.697. The number of carbonyl (C=O) groups excluding carboxylic acids is 1. The number of hydrogen-bond donors (Lipinski definition) is 0. The van der Waals surface area contributed by atoms with Gasteiger partial charge in [-0.05, 0) is 47.0 Å². The summed E-state index contributed by atoms with van der Waals surface area (Å²) in [7, 11) is 0. The second kappa shape index (κ2) is 6.90. The van der Waals surface area contributed by atoms with Crippen LogP contribution in [0.2, 0.25) is 0 Å². The van der Waals surface area contributed by atoms with Crippen LogP contribution in [0.4, 0.5) is 4.39 Å². The summed E-state index contributed by atoms with van der Waals surface area (Å²) in [6.07, 6.45) is 1.08. The maximum Gasteiger partial charge on any atom is 0.223 e. The fourth-order valence-corrected chi connectivity index (χ4v) is 3.62. The molecule has 138 valence electrons. The van der Waals surface area contributed by atoms with Crippen molar-refractivity contribution >= 4 is 5.91 Å². The van der Waals surface area contributed by atoms with Gasteiger partial charge in [0, 0.05) is 13.0 Å². The van der Waals surface area contributed by atoms with Crippen molar-refractivity contribution < 1.29 is 9.18 Å². The number of halogens is 1. The maximum absolute atomic E-state index is 13.2. The highest BCUT2D eigenvalue weighted by atomic mass is 19.1. The molecule has 3 aromatic rings. The maximum atomic E-state index is 13.2. The van der Waals surface area contributed by atoms with Crippen LogP contribution in [0.5, 0.6) is 0 Å². The van der Waals surface area contributed by atoms with Crippen LogP contribution in [-0.4, -0.2) is 31.0 Å². The molecule has 0 spiro atoms. The standard InChI is InChI=1S/C20H20FN5O/c1-20(19-22-23-24-26(19)14-15-5-3-2-4-6-15)12-11-18(27)25(20)13-16-7-9-17(21)10-8-16/h2-10H,11-14H2,1H3. The third-order valence-corrected chi connectivity index (χ3v) is 5.17. The predicted molar refractivity (Wildman–Crippen MR) is 96.9 cm³/mol. The predicted octanol–water partition coefficient (Wildman–Crippen LogP) is 2.90. The van der Waals surface area contributed by atoms with Crippen LogP contribution in [0.25, 0.3) is 0 Å². The van der Waals surface area contributed by atoms with Crippen molar-refractivity contribution in [2.45, 2.75) is 38.4 Å². The largest absolute Gasteiger partial charge is 0.326 e. The van der Waals surface area contributed by atoms with E-state index < -0.39 is 5.54 Å². The average molecular weight is 365 g/mol. The van der Waals surface area contributed by atoms with Crippen LogP contribution < -0.4 is 0 Å². The molecule has 6 nitrogen and oxygen atoms in total. The molecule has 0 N–H and O–H groups in total. The molecule has 1 atom stereocenters. The molecule has 0 aliphatic carbocycles. The Hall–Kier alpha value is -3.09. The number of amides is 1. The Balaban J connectivity index is 1.64. The van der Waals surface area contributed by atoms with Crippen LogP contribution >= 0.6 is 0 Å². The summed E-state index contributed by atoms with van der Waals surface area (Å²) in [6, 6.07) is 16.2. The van der Waals surface area contributed by atoms with E-state index >= 15 is 0 Å². The topological polar surface area (TPSA) is 63.9 Å². The van der Waals surface area contributed by atoms with Gasteiger partial charge < -0.3 is 4.90 Å². The van der Waals surface area contributed by atoms with Crippen molar-refractivity contribution in [1.29, 1.82) is 0 Å². The Morgan fingerprint density at radius 3 is 2.48 bits per heavy atom. The summed E-state index contributed by atoms with van der Waals surface area (Å²) >= 11 is 0.